The number of fused-ring (bicyclic) bond motifs is 1. The van der Waals surface area contributed by atoms with E-state index in [4.69, 9.17) is 0 Å². The molecule has 214 valence electrons. The summed E-state index contributed by atoms with van der Waals surface area (Å²) >= 11 is 0. The van der Waals surface area contributed by atoms with Crippen molar-refractivity contribution in [3.8, 4) is 5.75 Å². The van der Waals surface area contributed by atoms with E-state index in [0.717, 1.165) is 16.7 Å². The van der Waals surface area contributed by atoms with Crippen LogP contribution in [0, 0.1) is 11.8 Å². The Labute approximate surface area is 232 Å². The highest BCUT2D eigenvalue weighted by Crippen LogP contribution is 2.41. The number of urea groups is 1. The predicted octanol–water partition coefficient (Wildman–Crippen LogP) is 5.67. The Morgan fingerprint density at radius 3 is 2.62 bits per heavy atom. The van der Waals surface area contributed by atoms with Crippen LogP contribution in [0.4, 0.5) is 18.0 Å². The molecule has 2 aromatic rings. The van der Waals surface area contributed by atoms with Crippen molar-refractivity contribution >= 4 is 17.5 Å². The number of pyridine rings is 1. The summed E-state index contributed by atoms with van der Waals surface area (Å²) < 4.78 is 42.7. The summed E-state index contributed by atoms with van der Waals surface area (Å²) in [6.07, 6.45) is 2.75. The average Bonchev–Trinajstić information content (AvgIpc) is 2.89. The third-order valence-electron chi connectivity index (χ3n) is 7.05. The molecule has 1 saturated heterocycles. The van der Waals surface area contributed by atoms with Crippen LogP contribution >= 0.6 is 0 Å². The Morgan fingerprint density at radius 1 is 1.18 bits per heavy atom. The minimum absolute atomic E-state index is 0.0487. The van der Waals surface area contributed by atoms with Crippen LogP contribution in [0.15, 0.2) is 66.5 Å². The number of allylic oxidation sites excluding steroid dienone is 2. The molecule has 0 saturated carbocycles. The van der Waals surface area contributed by atoms with Crippen molar-refractivity contribution in [2.75, 3.05) is 19.6 Å². The topological polar surface area (TPSA) is 83.6 Å². The van der Waals surface area contributed by atoms with Gasteiger partial charge in [0, 0.05) is 43.5 Å². The highest BCUT2D eigenvalue weighted by atomic mass is 19.4. The second-order valence-corrected chi connectivity index (χ2v) is 11.3. The largest absolute Gasteiger partial charge is 0.573 e. The van der Waals surface area contributed by atoms with Crippen LogP contribution in [0.5, 0.6) is 5.75 Å². The van der Waals surface area contributed by atoms with Gasteiger partial charge in [0.25, 0.3) is 0 Å². The number of benzene rings is 1. The fraction of sp³-hybridized carbons (Fsp3) is 0.433. The third-order valence-corrected chi connectivity index (χ3v) is 7.05. The molecule has 2 aliphatic rings. The van der Waals surface area contributed by atoms with E-state index in [0.29, 0.717) is 31.6 Å². The molecule has 10 heteroatoms. The Hall–Kier alpha value is -3.82. The van der Waals surface area contributed by atoms with Gasteiger partial charge in [-0.1, -0.05) is 42.8 Å². The lowest BCUT2D eigenvalue weighted by Gasteiger charge is -2.41. The van der Waals surface area contributed by atoms with Crippen molar-refractivity contribution < 1.29 is 27.5 Å². The zero-order valence-corrected chi connectivity index (χ0v) is 23.1. The van der Waals surface area contributed by atoms with E-state index in [2.05, 4.69) is 20.4 Å². The van der Waals surface area contributed by atoms with Crippen LogP contribution in [0.2, 0.25) is 0 Å². The minimum Gasteiger partial charge on any atom is -0.406 e. The number of ether oxygens (including phenoxy) is 1. The molecular weight excluding hydrogens is 521 g/mol. The maximum atomic E-state index is 13.5. The van der Waals surface area contributed by atoms with Gasteiger partial charge in [-0.25, -0.2) is 4.79 Å². The van der Waals surface area contributed by atoms with Gasteiger partial charge in [0.15, 0.2) is 0 Å². The number of alkyl halides is 3. The predicted molar refractivity (Wildman–Crippen MR) is 146 cm³/mol. The van der Waals surface area contributed by atoms with Crippen LogP contribution in [0.1, 0.15) is 51.2 Å². The standard InChI is InChI=1S/C30H35F3N4O3/c1-19(21-8-6-13-34-17-21)16-35-27(38)25-11-10-23(20-7-5-9-22(15-20)40-30(31,32)33)24-12-14-37(18-26(24)25)28(39)36-29(2,3)4/h5-11,13,15,17,19,25-26H,12,14,16,18H2,1-4H3,(H,35,38)(H,36,39). The van der Waals surface area contributed by atoms with Gasteiger partial charge in [-0.05, 0) is 68.0 Å². The second-order valence-electron chi connectivity index (χ2n) is 11.3. The molecular formula is C30H35F3N4O3. The van der Waals surface area contributed by atoms with Gasteiger partial charge < -0.3 is 20.3 Å². The van der Waals surface area contributed by atoms with Crippen molar-refractivity contribution in [3.05, 3.63) is 77.6 Å². The second kappa shape index (κ2) is 11.7. The number of hydrogen-bond acceptors (Lipinski definition) is 4. The number of piperidine rings is 1. The molecule has 2 heterocycles. The van der Waals surface area contributed by atoms with Gasteiger partial charge in [0.2, 0.25) is 5.91 Å². The molecule has 2 N–H and O–H groups in total. The fourth-order valence-corrected chi connectivity index (χ4v) is 5.14. The zero-order valence-electron chi connectivity index (χ0n) is 23.1. The molecule has 4 rings (SSSR count). The van der Waals surface area contributed by atoms with Crippen LogP contribution in [0.25, 0.3) is 5.57 Å². The lowest BCUT2D eigenvalue weighted by Crippen LogP contribution is -2.53. The highest BCUT2D eigenvalue weighted by Gasteiger charge is 2.39. The summed E-state index contributed by atoms with van der Waals surface area (Å²) in [6.45, 7) is 8.85. The van der Waals surface area contributed by atoms with Crippen LogP contribution in [-0.4, -0.2) is 53.4 Å². The molecule has 7 nitrogen and oxygen atoms in total. The number of nitrogens with zero attached hydrogens (tertiary/aromatic N) is 2. The summed E-state index contributed by atoms with van der Waals surface area (Å²) in [4.78, 5) is 32.4. The molecule has 3 amide bonds. The van der Waals surface area contributed by atoms with Crippen molar-refractivity contribution in [2.24, 2.45) is 11.8 Å². The summed E-state index contributed by atoms with van der Waals surface area (Å²) in [7, 11) is 0. The number of nitrogens with one attached hydrogen (secondary N) is 2. The lowest BCUT2D eigenvalue weighted by molar-refractivity contribution is -0.274. The maximum absolute atomic E-state index is 13.5. The molecule has 1 aromatic carbocycles. The van der Waals surface area contributed by atoms with Crippen molar-refractivity contribution in [1.29, 1.82) is 0 Å². The number of aromatic nitrogens is 1. The molecule has 0 bridgehead atoms. The smallest absolute Gasteiger partial charge is 0.406 e. The van der Waals surface area contributed by atoms with E-state index in [-0.39, 0.29) is 29.5 Å². The molecule has 1 aliphatic heterocycles. The molecule has 1 aliphatic carbocycles. The first-order chi connectivity index (χ1) is 18.8. The lowest BCUT2D eigenvalue weighted by atomic mass is 9.73. The van der Waals surface area contributed by atoms with Crippen LogP contribution in [0.3, 0.4) is 0 Å². The van der Waals surface area contributed by atoms with Crippen molar-refractivity contribution in [3.63, 3.8) is 0 Å². The van der Waals surface area contributed by atoms with Crippen LogP contribution < -0.4 is 15.4 Å². The number of carbonyl (C=O) groups is 2. The molecule has 40 heavy (non-hydrogen) atoms. The van der Waals surface area contributed by atoms with E-state index in [1.54, 1.807) is 35.5 Å². The summed E-state index contributed by atoms with van der Waals surface area (Å²) in [5.41, 5.74) is 2.83. The first-order valence-electron chi connectivity index (χ1n) is 13.3. The quantitative estimate of drug-likeness (QED) is 0.480. The maximum Gasteiger partial charge on any atom is 0.573 e. The Morgan fingerprint density at radius 2 is 1.95 bits per heavy atom. The van der Waals surface area contributed by atoms with Gasteiger partial charge in [0.1, 0.15) is 5.75 Å². The Balaban J connectivity index is 1.59. The molecule has 1 fully saturated rings. The third kappa shape index (κ3) is 7.43. The SMILES string of the molecule is CC(CNC(=O)C1C=CC(c2cccc(OC(F)(F)F)c2)=C2CCN(C(=O)NC(C)(C)C)CC21)c1cccnc1. The number of rotatable bonds is 6. The van der Waals surface area contributed by atoms with E-state index in [9.17, 15) is 22.8 Å². The summed E-state index contributed by atoms with van der Waals surface area (Å²) in [5.74, 6) is -1.30. The van der Waals surface area contributed by atoms with Gasteiger partial charge in [-0.15, -0.1) is 13.2 Å². The first kappa shape index (κ1) is 29.2. The first-order valence-corrected chi connectivity index (χ1v) is 13.3. The Bertz CT molecular complexity index is 1290. The van der Waals surface area contributed by atoms with Gasteiger partial charge in [-0.3, -0.25) is 9.78 Å². The number of hydrogen-bond donors (Lipinski definition) is 2. The summed E-state index contributed by atoms with van der Waals surface area (Å²) in [5, 5.41) is 6.03. The average molecular weight is 557 g/mol. The number of carbonyl (C=O) groups excluding carboxylic acids is 2. The van der Waals surface area contributed by atoms with E-state index >= 15 is 0 Å². The minimum atomic E-state index is -4.80. The van der Waals surface area contributed by atoms with E-state index in [1.165, 1.54) is 18.2 Å². The number of likely N-dealkylation sites (tertiary alicyclic amines) is 1. The Kier molecular flexibility index (Phi) is 8.56. The fourth-order valence-electron chi connectivity index (χ4n) is 5.14. The molecule has 1 aromatic heterocycles. The molecule has 0 radical (unpaired) electrons. The monoisotopic (exact) mass is 556 g/mol. The van der Waals surface area contributed by atoms with Crippen molar-refractivity contribution in [2.45, 2.75) is 51.9 Å². The van der Waals surface area contributed by atoms with E-state index < -0.39 is 17.8 Å². The van der Waals surface area contributed by atoms with Gasteiger partial charge in [-0.2, -0.15) is 0 Å². The normalized spacial score (nSPS) is 20.0. The van der Waals surface area contributed by atoms with Crippen molar-refractivity contribution in [1.82, 2.24) is 20.5 Å². The van der Waals surface area contributed by atoms with E-state index in [1.807, 2.05) is 39.8 Å². The number of amides is 3. The molecule has 0 spiro atoms. The highest BCUT2D eigenvalue weighted by molar-refractivity contribution is 5.87. The molecule has 3 unspecified atom stereocenters. The zero-order chi connectivity index (χ0) is 29.1. The number of halogens is 3. The summed E-state index contributed by atoms with van der Waals surface area (Å²) in [6, 6.07) is 9.44. The molecule has 3 atom stereocenters. The van der Waals surface area contributed by atoms with Gasteiger partial charge in [0.05, 0.1) is 5.92 Å². The van der Waals surface area contributed by atoms with Crippen LogP contribution in [-0.2, 0) is 4.79 Å². The van der Waals surface area contributed by atoms with Gasteiger partial charge >= 0.3 is 12.4 Å².